The van der Waals surface area contributed by atoms with Crippen molar-refractivity contribution in [3.8, 4) is 11.5 Å². The van der Waals surface area contributed by atoms with Crippen molar-refractivity contribution >= 4 is 27.5 Å². The summed E-state index contributed by atoms with van der Waals surface area (Å²) < 4.78 is 11.9. The Kier molecular flexibility index (Phi) is 2.91. The van der Waals surface area contributed by atoms with Crippen molar-refractivity contribution < 1.29 is 14.3 Å². The molecule has 4 rings (SSSR count). The van der Waals surface area contributed by atoms with Gasteiger partial charge in [0.1, 0.15) is 13.2 Å². The number of benzene rings is 1. The Morgan fingerprint density at radius 3 is 2.45 bits per heavy atom. The predicted octanol–water partition coefficient (Wildman–Crippen LogP) is 3.20. The lowest BCUT2D eigenvalue weighted by Gasteiger charge is -2.20. The van der Waals surface area contributed by atoms with Crippen LogP contribution in [0.25, 0.3) is 0 Å². The van der Waals surface area contributed by atoms with Gasteiger partial charge in [0.2, 0.25) is 5.91 Å². The molecule has 0 aromatic heterocycles. The van der Waals surface area contributed by atoms with Gasteiger partial charge < -0.3 is 14.8 Å². The first-order valence-corrected chi connectivity index (χ1v) is 7.90. The Balaban J connectivity index is 1.51. The Hall–Kier alpha value is -1.23. The van der Waals surface area contributed by atoms with Gasteiger partial charge in [0.15, 0.2) is 11.5 Å². The highest BCUT2D eigenvalue weighted by Crippen LogP contribution is 2.54. The second kappa shape index (κ2) is 4.65. The molecule has 2 aliphatic carbocycles. The molecule has 1 N–H and O–H groups in total. The van der Waals surface area contributed by atoms with Crippen LogP contribution in [0, 0.1) is 17.8 Å². The molecule has 1 aromatic rings. The van der Waals surface area contributed by atoms with E-state index in [1.54, 1.807) is 0 Å². The molecule has 2 fully saturated rings. The second-order valence-electron chi connectivity index (χ2n) is 5.89. The first-order valence-electron chi connectivity index (χ1n) is 7.10. The monoisotopic (exact) mass is 337 g/mol. The molecule has 3 aliphatic rings. The van der Waals surface area contributed by atoms with Crippen LogP contribution in [0.2, 0.25) is 0 Å². The van der Waals surface area contributed by atoms with E-state index < -0.39 is 0 Å². The molecule has 1 amide bonds. The Labute approximate surface area is 126 Å². The number of hydrogen-bond donors (Lipinski definition) is 1. The Bertz CT molecular complexity index is 564. The van der Waals surface area contributed by atoms with Gasteiger partial charge in [-0.1, -0.05) is 0 Å². The van der Waals surface area contributed by atoms with Gasteiger partial charge in [-0.3, -0.25) is 4.79 Å². The van der Waals surface area contributed by atoms with Crippen molar-refractivity contribution in [2.45, 2.75) is 19.3 Å². The Morgan fingerprint density at radius 1 is 1.10 bits per heavy atom. The van der Waals surface area contributed by atoms with Crippen LogP contribution in [-0.2, 0) is 4.79 Å². The summed E-state index contributed by atoms with van der Waals surface area (Å²) in [6.07, 6.45) is 3.44. The highest BCUT2D eigenvalue weighted by molar-refractivity contribution is 9.10. The summed E-state index contributed by atoms with van der Waals surface area (Å²) in [4.78, 5) is 12.3. The van der Waals surface area contributed by atoms with Gasteiger partial charge in [0, 0.05) is 22.5 Å². The van der Waals surface area contributed by atoms with Crippen LogP contribution in [0.1, 0.15) is 19.3 Å². The van der Waals surface area contributed by atoms with E-state index in [0.717, 1.165) is 40.6 Å². The van der Waals surface area contributed by atoms with E-state index >= 15 is 0 Å². The highest BCUT2D eigenvalue weighted by Gasteiger charge is 2.48. The van der Waals surface area contributed by atoms with Crippen LogP contribution in [0.4, 0.5) is 5.69 Å². The number of fused-ring (bicyclic) bond motifs is 2. The molecule has 0 spiro atoms. The van der Waals surface area contributed by atoms with Crippen LogP contribution >= 0.6 is 15.9 Å². The van der Waals surface area contributed by atoms with Gasteiger partial charge in [-0.15, -0.1) is 0 Å². The normalized spacial score (nSPS) is 29.8. The lowest BCUT2D eigenvalue weighted by atomic mass is 10.0. The van der Waals surface area contributed by atoms with Gasteiger partial charge >= 0.3 is 0 Å². The molecule has 106 valence electrons. The number of rotatable bonds is 2. The van der Waals surface area contributed by atoms with Gasteiger partial charge in [-0.05, 0) is 47.0 Å². The second-order valence-corrected chi connectivity index (χ2v) is 6.74. The van der Waals surface area contributed by atoms with Crippen molar-refractivity contribution in [1.82, 2.24) is 0 Å². The van der Waals surface area contributed by atoms with E-state index in [-0.39, 0.29) is 11.8 Å². The van der Waals surface area contributed by atoms with Gasteiger partial charge in [0.05, 0.1) is 5.69 Å². The Morgan fingerprint density at radius 2 is 1.75 bits per heavy atom. The SMILES string of the molecule is O=C(Nc1cc2c(cc1Br)OCCO2)C1CC2CC2C1. The largest absolute Gasteiger partial charge is 0.486 e. The zero-order chi connectivity index (χ0) is 13.7. The smallest absolute Gasteiger partial charge is 0.227 e. The van der Waals surface area contributed by atoms with Crippen LogP contribution < -0.4 is 14.8 Å². The molecular weight excluding hydrogens is 322 g/mol. The summed E-state index contributed by atoms with van der Waals surface area (Å²) in [6.45, 7) is 1.12. The summed E-state index contributed by atoms with van der Waals surface area (Å²) in [5, 5.41) is 3.02. The number of hydrogen-bond acceptors (Lipinski definition) is 3. The maximum absolute atomic E-state index is 12.3. The molecule has 2 unspecified atom stereocenters. The van der Waals surface area contributed by atoms with Crippen molar-refractivity contribution in [3.63, 3.8) is 0 Å². The molecule has 0 radical (unpaired) electrons. The van der Waals surface area contributed by atoms with Crippen molar-refractivity contribution in [2.75, 3.05) is 18.5 Å². The van der Waals surface area contributed by atoms with Gasteiger partial charge in [-0.25, -0.2) is 0 Å². The summed E-state index contributed by atoms with van der Waals surface area (Å²) in [5.41, 5.74) is 0.764. The van der Waals surface area contributed by atoms with Crippen molar-refractivity contribution in [3.05, 3.63) is 16.6 Å². The fourth-order valence-corrected chi connectivity index (χ4v) is 3.74. The van der Waals surface area contributed by atoms with Gasteiger partial charge in [-0.2, -0.15) is 0 Å². The third-order valence-corrected chi connectivity index (χ3v) is 5.16. The number of carbonyl (C=O) groups is 1. The summed E-state index contributed by atoms with van der Waals surface area (Å²) in [6, 6.07) is 3.70. The van der Waals surface area contributed by atoms with Gasteiger partial charge in [0.25, 0.3) is 0 Å². The number of halogens is 1. The average molecular weight is 338 g/mol. The molecule has 20 heavy (non-hydrogen) atoms. The molecule has 2 atom stereocenters. The molecule has 5 heteroatoms. The fraction of sp³-hybridized carbons (Fsp3) is 0.533. The standard InChI is InChI=1S/C15H16BrNO3/c16-11-6-13-14(20-2-1-19-13)7-12(11)17-15(18)10-4-8-3-9(8)5-10/h6-10H,1-5H2,(H,17,18). The van der Waals surface area contributed by atoms with Crippen LogP contribution in [0.3, 0.4) is 0 Å². The quantitative estimate of drug-likeness (QED) is 0.901. The van der Waals surface area contributed by atoms with Crippen molar-refractivity contribution in [1.29, 1.82) is 0 Å². The maximum Gasteiger partial charge on any atom is 0.227 e. The molecule has 0 bridgehead atoms. The van der Waals surface area contributed by atoms with E-state index in [9.17, 15) is 4.79 Å². The van der Waals surface area contributed by atoms with E-state index in [2.05, 4.69) is 21.2 Å². The lowest BCUT2D eigenvalue weighted by Crippen LogP contribution is -2.22. The average Bonchev–Trinajstić information content (AvgIpc) is 3.06. The minimum Gasteiger partial charge on any atom is -0.486 e. The molecule has 1 aromatic carbocycles. The van der Waals surface area contributed by atoms with E-state index in [1.807, 2.05) is 12.1 Å². The first kappa shape index (κ1) is 12.5. The van der Waals surface area contributed by atoms with E-state index in [0.29, 0.717) is 19.0 Å². The number of carbonyl (C=O) groups excluding carboxylic acids is 1. The molecular formula is C15H16BrNO3. The minimum atomic E-state index is 0.134. The van der Waals surface area contributed by atoms with E-state index in [4.69, 9.17) is 9.47 Å². The van der Waals surface area contributed by atoms with E-state index in [1.165, 1.54) is 6.42 Å². The maximum atomic E-state index is 12.3. The predicted molar refractivity (Wildman–Crippen MR) is 78.1 cm³/mol. The number of amides is 1. The summed E-state index contributed by atoms with van der Waals surface area (Å²) in [5.74, 6) is 3.37. The lowest BCUT2D eigenvalue weighted by molar-refractivity contribution is -0.120. The molecule has 1 aliphatic heterocycles. The van der Waals surface area contributed by atoms with Crippen molar-refractivity contribution in [2.24, 2.45) is 17.8 Å². The minimum absolute atomic E-state index is 0.134. The third-order valence-electron chi connectivity index (χ3n) is 4.50. The number of anilines is 1. The molecule has 2 saturated carbocycles. The summed E-state index contributed by atoms with van der Waals surface area (Å²) >= 11 is 3.48. The molecule has 4 nitrogen and oxygen atoms in total. The molecule has 1 heterocycles. The van der Waals surface area contributed by atoms with Crippen LogP contribution in [0.15, 0.2) is 16.6 Å². The first-order chi connectivity index (χ1) is 9.70. The highest BCUT2D eigenvalue weighted by atomic mass is 79.9. The summed E-state index contributed by atoms with van der Waals surface area (Å²) in [7, 11) is 0. The topological polar surface area (TPSA) is 47.6 Å². The fourth-order valence-electron chi connectivity index (χ4n) is 3.32. The zero-order valence-corrected chi connectivity index (χ0v) is 12.6. The van der Waals surface area contributed by atoms with Crippen LogP contribution in [0.5, 0.6) is 11.5 Å². The number of nitrogens with one attached hydrogen (secondary N) is 1. The third kappa shape index (κ3) is 2.18. The molecule has 0 saturated heterocycles. The number of ether oxygens (including phenoxy) is 2. The zero-order valence-electron chi connectivity index (χ0n) is 11.0. The van der Waals surface area contributed by atoms with Crippen LogP contribution in [-0.4, -0.2) is 19.1 Å².